The molecule has 0 atom stereocenters. The summed E-state index contributed by atoms with van der Waals surface area (Å²) < 4.78 is 14.6. The first-order valence-corrected chi connectivity index (χ1v) is 8.37. The van der Waals surface area contributed by atoms with Crippen molar-refractivity contribution < 1.29 is 9.18 Å². The number of fused-ring (bicyclic) bond motifs is 1. The van der Waals surface area contributed by atoms with Gasteiger partial charge in [-0.3, -0.25) is 4.79 Å². The number of pyridine rings is 2. The van der Waals surface area contributed by atoms with E-state index < -0.39 is 5.95 Å². The quantitative estimate of drug-likeness (QED) is 0.416. The standard InChI is InChI=1S/C17H12FN5OS/c1-10-8-25-16(22-10)5-14(24)13-4-12(7-23-17(13)20-9-21-23)11-2-3-15(18)19-6-11/h2-4,6-9H,5H2,1H3. The Bertz CT molecular complexity index is 1070. The number of nitrogens with zero attached hydrogens (tertiary/aromatic N) is 5. The molecule has 124 valence electrons. The molecule has 0 aliphatic heterocycles. The van der Waals surface area contributed by atoms with Gasteiger partial charge < -0.3 is 0 Å². The van der Waals surface area contributed by atoms with Crippen LogP contribution in [0.3, 0.4) is 0 Å². The van der Waals surface area contributed by atoms with Gasteiger partial charge in [0, 0.05) is 34.6 Å². The topological polar surface area (TPSA) is 73.0 Å². The number of hydrogen-bond donors (Lipinski definition) is 0. The zero-order valence-corrected chi connectivity index (χ0v) is 14.0. The summed E-state index contributed by atoms with van der Waals surface area (Å²) in [6, 6.07) is 4.63. The Morgan fingerprint density at radius 2 is 2.16 bits per heavy atom. The zero-order valence-electron chi connectivity index (χ0n) is 13.2. The Kier molecular flexibility index (Phi) is 3.81. The maximum Gasteiger partial charge on any atom is 0.212 e. The molecule has 0 saturated carbocycles. The highest BCUT2D eigenvalue weighted by Gasteiger charge is 2.17. The third-order valence-corrected chi connectivity index (χ3v) is 4.68. The largest absolute Gasteiger partial charge is 0.294 e. The van der Waals surface area contributed by atoms with Crippen molar-refractivity contribution in [2.75, 3.05) is 0 Å². The number of thiazole rings is 1. The number of ketones is 1. The molecule has 4 heterocycles. The molecule has 6 nitrogen and oxygen atoms in total. The fourth-order valence-electron chi connectivity index (χ4n) is 2.55. The van der Waals surface area contributed by atoms with Gasteiger partial charge in [0.1, 0.15) is 11.3 Å². The van der Waals surface area contributed by atoms with Crippen molar-refractivity contribution in [3.63, 3.8) is 0 Å². The summed E-state index contributed by atoms with van der Waals surface area (Å²) in [5.41, 5.74) is 3.23. The number of carbonyl (C=O) groups excluding carboxylic acids is 1. The van der Waals surface area contributed by atoms with Crippen molar-refractivity contribution in [1.82, 2.24) is 24.6 Å². The molecule has 0 saturated heterocycles. The van der Waals surface area contributed by atoms with Crippen LogP contribution in [0.4, 0.5) is 4.39 Å². The van der Waals surface area contributed by atoms with Crippen LogP contribution in [-0.4, -0.2) is 30.3 Å². The van der Waals surface area contributed by atoms with Gasteiger partial charge in [0.2, 0.25) is 5.95 Å². The maximum atomic E-state index is 13.1. The predicted molar refractivity (Wildman–Crippen MR) is 91.1 cm³/mol. The minimum Gasteiger partial charge on any atom is -0.294 e. The van der Waals surface area contributed by atoms with E-state index in [1.165, 1.54) is 29.9 Å². The Hall–Kier alpha value is -3.00. The predicted octanol–water partition coefficient (Wildman–Crippen LogP) is 3.12. The molecule has 0 aliphatic carbocycles. The average molecular weight is 353 g/mol. The molecule has 0 fully saturated rings. The first-order valence-electron chi connectivity index (χ1n) is 7.49. The molecule has 25 heavy (non-hydrogen) atoms. The van der Waals surface area contributed by atoms with Gasteiger partial charge in [-0.25, -0.2) is 19.5 Å². The summed E-state index contributed by atoms with van der Waals surface area (Å²) in [7, 11) is 0. The van der Waals surface area contributed by atoms with Crippen molar-refractivity contribution in [2.45, 2.75) is 13.3 Å². The normalized spacial score (nSPS) is 11.1. The first kappa shape index (κ1) is 15.5. The van der Waals surface area contributed by atoms with Crippen molar-refractivity contribution in [3.05, 3.63) is 64.5 Å². The van der Waals surface area contributed by atoms with Crippen LogP contribution in [0, 0.1) is 12.9 Å². The van der Waals surface area contributed by atoms with E-state index in [4.69, 9.17) is 0 Å². The minimum atomic E-state index is -0.555. The molecule has 4 aromatic heterocycles. The molecule has 4 rings (SSSR count). The van der Waals surface area contributed by atoms with Gasteiger partial charge in [-0.2, -0.15) is 9.49 Å². The van der Waals surface area contributed by atoms with Gasteiger partial charge in [-0.15, -0.1) is 11.3 Å². The molecule has 0 spiro atoms. The monoisotopic (exact) mass is 353 g/mol. The van der Waals surface area contributed by atoms with Gasteiger partial charge in [-0.1, -0.05) is 0 Å². The Morgan fingerprint density at radius 3 is 2.88 bits per heavy atom. The second-order valence-electron chi connectivity index (χ2n) is 5.52. The maximum absolute atomic E-state index is 13.1. The second kappa shape index (κ2) is 6.14. The van der Waals surface area contributed by atoms with Crippen LogP contribution in [0.1, 0.15) is 21.1 Å². The van der Waals surface area contributed by atoms with E-state index in [0.717, 1.165) is 10.7 Å². The summed E-state index contributed by atoms with van der Waals surface area (Å²) in [5.74, 6) is -0.648. The fraction of sp³-hybridized carbons (Fsp3) is 0.118. The highest BCUT2D eigenvalue weighted by molar-refractivity contribution is 7.09. The third-order valence-electron chi connectivity index (χ3n) is 3.71. The minimum absolute atomic E-state index is 0.0933. The van der Waals surface area contributed by atoms with Gasteiger partial charge in [0.15, 0.2) is 11.4 Å². The number of carbonyl (C=O) groups is 1. The van der Waals surface area contributed by atoms with Crippen LogP contribution >= 0.6 is 11.3 Å². The van der Waals surface area contributed by atoms with Crippen LogP contribution in [0.5, 0.6) is 0 Å². The molecule has 0 aromatic carbocycles. The summed E-state index contributed by atoms with van der Waals surface area (Å²) in [6.07, 6.45) is 4.76. The van der Waals surface area contributed by atoms with Crippen molar-refractivity contribution in [3.8, 4) is 11.1 Å². The molecule has 0 unspecified atom stereocenters. The summed E-state index contributed by atoms with van der Waals surface area (Å²) in [5, 5.41) is 6.79. The van der Waals surface area contributed by atoms with Crippen LogP contribution in [-0.2, 0) is 6.42 Å². The molecule has 0 amide bonds. The van der Waals surface area contributed by atoms with E-state index in [1.807, 2.05) is 12.3 Å². The van der Waals surface area contributed by atoms with Crippen LogP contribution in [0.2, 0.25) is 0 Å². The van der Waals surface area contributed by atoms with Gasteiger partial charge in [0.25, 0.3) is 0 Å². The highest BCUT2D eigenvalue weighted by atomic mass is 32.1. The smallest absolute Gasteiger partial charge is 0.212 e. The summed E-state index contributed by atoms with van der Waals surface area (Å²) >= 11 is 1.46. The lowest BCUT2D eigenvalue weighted by Crippen LogP contribution is -2.07. The Labute approximate surface area is 146 Å². The Morgan fingerprint density at radius 1 is 1.28 bits per heavy atom. The van der Waals surface area contributed by atoms with Crippen LogP contribution in [0.15, 0.2) is 42.3 Å². The summed E-state index contributed by atoms with van der Waals surface area (Å²) in [4.78, 5) is 25.0. The molecule has 0 bridgehead atoms. The summed E-state index contributed by atoms with van der Waals surface area (Å²) in [6.45, 7) is 1.89. The van der Waals surface area contributed by atoms with Gasteiger partial charge >= 0.3 is 0 Å². The van der Waals surface area contributed by atoms with E-state index >= 15 is 0 Å². The molecule has 4 aromatic rings. The molecular formula is C17H12FN5OS. The fourth-order valence-corrected chi connectivity index (χ4v) is 3.32. The molecule has 0 radical (unpaired) electrons. The van der Waals surface area contributed by atoms with Crippen LogP contribution < -0.4 is 0 Å². The van der Waals surface area contributed by atoms with Crippen molar-refractivity contribution >= 4 is 22.8 Å². The number of aromatic nitrogens is 5. The zero-order chi connectivity index (χ0) is 17.4. The van der Waals surface area contributed by atoms with Crippen molar-refractivity contribution in [1.29, 1.82) is 0 Å². The molecule has 0 aliphatic rings. The second-order valence-corrected chi connectivity index (χ2v) is 6.47. The highest BCUT2D eigenvalue weighted by Crippen LogP contribution is 2.23. The Balaban J connectivity index is 1.78. The van der Waals surface area contributed by atoms with Crippen LogP contribution in [0.25, 0.3) is 16.8 Å². The SMILES string of the molecule is Cc1csc(CC(=O)c2cc(-c3ccc(F)nc3)cn3ncnc23)n1. The van der Waals surface area contributed by atoms with E-state index in [-0.39, 0.29) is 12.2 Å². The van der Waals surface area contributed by atoms with E-state index in [2.05, 4.69) is 20.1 Å². The number of rotatable bonds is 4. The lowest BCUT2D eigenvalue weighted by molar-refractivity contribution is 0.0994. The molecular weight excluding hydrogens is 341 g/mol. The lowest BCUT2D eigenvalue weighted by Gasteiger charge is -2.06. The van der Waals surface area contributed by atoms with E-state index in [0.29, 0.717) is 22.3 Å². The molecule has 0 N–H and O–H groups in total. The van der Waals surface area contributed by atoms with Crippen molar-refractivity contribution in [2.24, 2.45) is 0 Å². The van der Waals surface area contributed by atoms with Gasteiger partial charge in [-0.05, 0) is 25.1 Å². The average Bonchev–Trinajstić information content (AvgIpc) is 3.23. The number of Topliss-reactive ketones (excluding diaryl/α,β-unsaturated/α-hetero) is 1. The van der Waals surface area contributed by atoms with Gasteiger partial charge in [0.05, 0.1) is 12.0 Å². The van der Waals surface area contributed by atoms with E-state index in [1.54, 1.807) is 22.8 Å². The number of hydrogen-bond acceptors (Lipinski definition) is 6. The number of halogens is 1. The lowest BCUT2D eigenvalue weighted by atomic mass is 10.0. The van der Waals surface area contributed by atoms with E-state index in [9.17, 15) is 9.18 Å². The number of aryl methyl sites for hydroxylation is 1. The third kappa shape index (κ3) is 3.03. The molecule has 8 heteroatoms. The first-order chi connectivity index (χ1) is 12.1.